The van der Waals surface area contributed by atoms with E-state index in [4.69, 9.17) is 9.72 Å². The number of benzene rings is 3. The molecule has 4 N–H and O–H groups in total. The van der Waals surface area contributed by atoms with Crippen molar-refractivity contribution in [3.63, 3.8) is 0 Å². The zero-order valence-corrected chi connectivity index (χ0v) is 33.2. The fraction of sp³-hybridized carbons (Fsp3) is 0.267. The van der Waals surface area contributed by atoms with Crippen LogP contribution in [0.25, 0.3) is 33.8 Å². The number of hydrogen-bond acceptors (Lipinski definition) is 8. The molecule has 8 rings (SSSR count). The van der Waals surface area contributed by atoms with E-state index in [0.29, 0.717) is 42.3 Å². The predicted molar refractivity (Wildman–Crippen MR) is 222 cm³/mol. The summed E-state index contributed by atoms with van der Waals surface area (Å²) in [5, 5.41) is 12.5. The van der Waals surface area contributed by atoms with Crippen LogP contribution in [0.5, 0.6) is 0 Å². The standard InChI is InChI=1S/C45H45N9O6/c1-52(45(58)59)39(31-13-7-4-8-14-31)43(56)54-24-10-16-37(54)41-48-27-35(50-41)32-21-22-33(46-25-32)28-17-19-29(20-18-28)34-26-47-40(49-34)36-15-9-23-53(36)42(55)38(51-44(57)60-2)30-11-5-3-6-12-30/h3-8,11-14,17-22,25-27,36-39H,9-10,15-16,23-24H2,1-2H3,(H,47,49)(H,48,50)(H,51,57)(H,58,59)/t36?,37-,38?,39+/m0/s1. The van der Waals surface area contributed by atoms with E-state index in [9.17, 15) is 24.3 Å². The summed E-state index contributed by atoms with van der Waals surface area (Å²) in [6, 6.07) is 27.5. The van der Waals surface area contributed by atoms with Gasteiger partial charge in [0.2, 0.25) is 0 Å². The SMILES string of the molecule is COC(=O)NC(C(=O)N1CCCC1c1ncc(-c2ccc(-c3ccc(-c4cnc([C@@H]5CCCN5C(=O)[C@@H](c5ccccc5)N(C)C(=O)O)[nH]4)cn3)cc2)[nH]1)c1ccccc1. The molecule has 0 saturated carbocycles. The number of alkyl carbamates (subject to hydrolysis) is 1. The molecule has 2 unspecified atom stereocenters. The average Bonchev–Trinajstić information content (AvgIpc) is 4.13. The Labute approximate surface area is 346 Å². The van der Waals surface area contributed by atoms with Crippen molar-refractivity contribution in [3.8, 4) is 33.8 Å². The van der Waals surface area contributed by atoms with Gasteiger partial charge in [-0.25, -0.2) is 19.6 Å². The van der Waals surface area contributed by atoms with Gasteiger partial charge in [-0.05, 0) is 54.5 Å². The second-order valence-electron chi connectivity index (χ2n) is 14.9. The highest BCUT2D eigenvalue weighted by Crippen LogP contribution is 2.37. The number of methoxy groups -OCH3 is 1. The molecule has 0 aliphatic carbocycles. The Bertz CT molecular complexity index is 2450. The maximum Gasteiger partial charge on any atom is 0.407 e. The molecule has 3 aromatic carbocycles. The lowest BCUT2D eigenvalue weighted by atomic mass is 10.0. The van der Waals surface area contributed by atoms with Crippen molar-refractivity contribution < 1.29 is 29.0 Å². The number of ether oxygens (including phenoxy) is 1. The van der Waals surface area contributed by atoms with Crippen molar-refractivity contribution in [2.75, 3.05) is 27.2 Å². The summed E-state index contributed by atoms with van der Waals surface area (Å²) in [4.78, 5) is 77.5. The number of H-pyrrole nitrogens is 2. The first-order valence-electron chi connectivity index (χ1n) is 19.9. The summed E-state index contributed by atoms with van der Waals surface area (Å²) < 4.78 is 4.82. The number of imidazole rings is 2. The van der Waals surface area contributed by atoms with Crippen LogP contribution >= 0.6 is 0 Å². The number of carbonyl (C=O) groups is 4. The van der Waals surface area contributed by atoms with Crippen LogP contribution in [0.15, 0.2) is 116 Å². The first-order valence-corrected chi connectivity index (χ1v) is 19.9. The van der Waals surface area contributed by atoms with E-state index in [-0.39, 0.29) is 23.9 Å². The Morgan fingerprint density at radius 3 is 1.78 bits per heavy atom. The van der Waals surface area contributed by atoms with E-state index in [0.717, 1.165) is 57.9 Å². The summed E-state index contributed by atoms with van der Waals surface area (Å²) in [5.74, 6) is 0.808. The summed E-state index contributed by atoms with van der Waals surface area (Å²) >= 11 is 0. The van der Waals surface area contributed by atoms with Crippen molar-refractivity contribution in [1.82, 2.24) is 44.9 Å². The first-order chi connectivity index (χ1) is 29.2. The Hall–Kier alpha value is -7.29. The van der Waals surface area contributed by atoms with E-state index < -0.39 is 24.3 Å². The molecule has 2 aliphatic heterocycles. The van der Waals surface area contributed by atoms with Crippen molar-refractivity contribution in [2.24, 2.45) is 0 Å². The number of aromatic amines is 2. The number of carboxylic acid groups (broad SMARTS) is 1. The van der Waals surface area contributed by atoms with Gasteiger partial charge >= 0.3 is 12.2 Å². The third kappa shape index (κ3) is 8.06. The lowest BCUT2D eigenvalue weighted by Crippen LogP contribution is -2.43. The van der Waals surface area contributed by atoms with Gasteiger partial charge in [-0.15, -0.1) is 0 Å². The molecule has 2 aliphatic rings. The molecule has 4 atom stereocenters. The minimum Gasteiger partial charge on any atom is -0.465 e. The van der Waals surface area contributed by atoms with Crippen molar-refractivity contribution in [1.29, 1.82) is 0 Å². The molecular weight excluding hydrogens is 763 g/mol. The maximum atomic E-state index is 14.0. The molecular formula is C45H45N9O6. The van der Waals surface area contributed by atoms with Crippen LogP contribution in [0, 0.1) is 0 Å². The molecule has 0 bridgehead atoms. The van der Waals surface area contributed by atoms with Gasteiger partial charge in [-0.2, -0.15) is 0 Å². The van der Waals surface area contributed by atoms with Crippen LogP contribution in [-0.2, 0) is 14.3 Å². The third-order valence-electron chi connectivity index (χ3n) is 11.3. The fourth-order valence-electron chi connectivity index (χ4n) is 8.19. The molecule has 0 spiro atoms. The van der Waals surface area contributed by atoms with Crippen molar-refractivity contribution in [2.45, 2.75) is 49.9 Å². The van der Waals surface area contributed by atoms with Crippen LogP contribution < -0.4 is 5.32 Å². The molecule has 60 heavy (non-hydrogen) atoms. The van der Waals surface area contributed by atoms with E-state index in [1.165, 1.54) is 14.2 Å². The minimum atomic E-state index is -1.18. The highest BCUT2D eigenvalue weighted by atomic mass is 16.5. The first kappa shape index (κ1) is 39.5. The lowest BCUT2D eigenvalue weighted by molar-refractivity contribution is -0.137. The largest absolute Gasteiger partial charge is 0.465 e. The molecule has 2 fully saturated rings. The Balaban J connectivity index is 0.933. The third-order valence-corrected chi connectivity index (χ3v) is 11.3. The second-order valence-corrected chi connectivity index (χ2v) is 14.9. The molecule has 15 nitrogen and oxygen atoms in total. The monoisotopic (exact) mass is 807 g/mol. The van der Waals surface area contributed by atoms with E-state index in [2.05, 4.69) is 25.3 Å². The number of likely N-dealkylation sites (N-methyl/N-ethyl adjacent to an activating group) is 1. The van der Waals surface area contributed by atoms with Crippen LogP contribution in [0.2, 0.25) is 0 Å². The maximum absolute atomic E-state index is 14.0. The average molecular weight is 808 g/mol. The Morgan fingerprint density at radius 1 is 0.700 bits per heavy atom. The lowest BCUT2D eigenvalue weighted by Gasteiger charge is -2.32. The van der Waals surface area contributed by atoms with Crippen molar-refractivity contribution >= 4 is 24.0 Å². The number of nitrogens with zero attached hydrogens (tertiary/aromatic N) is 6. The van der Waals surface area contributed by atoms with Crippen LogP contribution in [0.4, 0.5) is 9.59 Å². The summed E-state index contributed by atoms with van der Waals surface area (Å²) in [6.07, 6.45) is 6.44. The molecule has 2 saturated heterocycles. The van der Waals surface area contributed by atoms with Gasteiger partial charge in [0.05, 0.1) is 48.7 Å². The topological polar surface area (TPSA) is 190 Å². The van der Waals surface area contributed by atoms with Gasteiger partial charge in [-0.1, -0.05) is 84.9 Å². The van der Waals surface area contributed by atoms with Crippen LogP contribution in [-0.4, -0.2) is 96.0 Å². The minimum absolute atomic E-state index is 0.227. The van der Waals surface area contributed by atoms with Gasteiger partial charge in [-0.3, -0.25) is 19.5 Å². The molecule has 306 valence electrons. The smallest absolute Gasteiger partial charge is 0.407 e. The number of rotatable bonds is 11. The van der Waals surface area contributed by atoms with Gasteiger partial charge < -0.3 is 34.9 Å². The van der Waals surface area contributed by atoms with Gasteiger partial charge in [0.1, 0.15) is 23.7 Å². The van der Waals surface area contributed by atoms with E-state index in [1.807, 2.05) is 72.8 Å². The number of likely N-dealkylation sites (tertiary alicyclic amines) is 2. The quantitative estimate of drug-likeness (QED) is 0.104. The van der Waals surface area contributed by atoms with E-state index in [1.54, 1.807) is 52.7 Å². The number of hydrogen-bond donors (Lipinski definition) is 4. The summed E-state index contributed by atoms with van der Waals surface area (Å²) in [6.45, 7) is 1.04. The number of amides is 4. The predicted octanol–water partition coefficient (Wildman–Crippen LogP) is 7.30. The molecule has 4 amide bonds. The van der Waals surface area contributed by atoms with Crippen LogP contribution in [0.3, 0.4) is 0 Å². The number of pyridine rings is 1. The van der Waals surface area contributed by atoms with Gasteiger partial charge in [0, 0.05) is 37.5 Å². The molecule has 6 aromatic rings. The Morgan fingerprint density at radius 2 is 1.23 bits per heavy atom. The Kier molecular flexibility index (Phi) is 11.4. The van der Waals surface area contributed by atoms with Gasteiger partial charge in [0.15, 0.2) is 0 Å². The van der Waals surface area contributed by atoms with E-state index >= 15 is 0 Å². The van der Waals surface area contributed by atoms with Crippen LogP contribution in [0.1, 0.15) is 72.6 Å². The highest BCUT2D eigenvalue weighted by Gasteiger charge is 2.40. The summed E-state index contributed by atoms with van der Waals surface area (Å²) in [5.41, 5.74) is 6.32. The zero-order valence-electron chi connectivity index (χ0n) is 33.2. The molecule has 5 heterocycles. The number of nitrogens with one attached hydrogen (secondary N) is 3. The zero-order chi connectivity index (χ0) is 41.8. The second kappa shape index (κ2) is 17.3. The summed E-state index contributed by atoms with van der Waals surface area (Å²) in [7, 11) is 2.69. The van der Waals surface area contributed by atoms with Crippen molar-refractivity contribution in [3.05, 3.63) is 138 Å². The molecule has 3 aromatic heterocycles. The highest BCUT2D eigenvalue weighted by molar-refractivity contribution is 5.88. The van der Waals surface area contributed by atoms with Gasteiger partial charge in [0.25, 0.3) is 11.8 Å². The molecule has 0 radical (unpaired) electrons. The fourth-order valence-corrected chi connectivity index (χ4v) is 8.19. The number of aromatic nitrogens is 5. The normalized spacial score (nSPS) is 17.2. The number of carbonyl (C=O) groups excluding carboxylic acids is 3. The molecule has 15 heteroatoms.